The first-order valence-corrected chi connectivity index (χ1v) is 13.0. The van der Waals surface area contributed by atoms with E-state index in [1.807, 2.05) is 24.3 Å². The normalized spacial score (nSPS) is 12.2. The molecule has 1 aliphatic carbocycles. The molecule has 0 bridgehead atoms. The first-order valence-electron chi connectivity index (χ1n) is 13.0. The Morgan fingerprint density at radius 2 is 1.31 bits per heavy atom. The minimum absolute atomic E-state index is 0.206. The highest BCUT2D eigenvalue weighted by molar-refractivity contribution is 6.32. The number of aryl methyl sites for hydroxylation is 1. The fraction of sp³-hybridized carbons (Fsp3) is 0.323. The van der Waals surface area contributed by atoms with Gasteiger partial charge in [0, 0.05) is 28.9 Å². The molecule has 186 valence electrons. The van der Waals surface area contributed by atoms with Crippen LogP contribution < -0.4 is 10.6 Å². The predicted octanol–water partition coefficient (Wildman–Crippen LogP) is 7.05. The third-order valence-electron chi connectivity index (χ3n) is 6.70. The van der Waals surface area contributed by atoms with E-state index in [2.05, 4.69) is 24.5 Å². The molecule has 1 aliphatic rings. The van der Waals surface area contributed by atoms with Gasteiger partial charge in [-0.25, -0.2) is 0 Å². The van der Waals surface area contributed by atoms with Gasteiger partial charge in [-0.1, -0.05) is 75.9 Å². The molecule has 5 nitrogen and oxygen atoms in total. The van der Waals surface area contributed by atoms with E-state index in [1.54, 1.807) is 36.4 Å². The van der Waals surface area contributed by atoms with Crippen molar-refractivity contribution in [2.45, 2.75) is 58.8 Å². The van der Waals surface area contributed by atoms with Gasteiger partial charge in [-0.05, 0) is 49.1 Å². The van der Waals surface area contributed by atoms with Crippen LogP contribution in [0.4, 0.5) is 11.4 Å². The van der Waals surface area contributed by atoms with Crippen molar-refractivity contribution in [1.29, 1.82) is 0 Å². The minimum Gasteiger partial charge on any atom is -0.384 e. The Bertz CT molecular complexity index is 1260. The number of unbranched alkanes of at least 4 members (excludes halogenated alkanes) is 4. The van der Waals surface area contributed by atoms with Crippen LogP contribution in [0.5, 0.6) is 0 Å². The molecule has 4 rings (SSSR count). The quantitative estimate of drug-likeness (QED) is 0.225. The van der Waals surface area contributed by atoms with Gasteiger partial charge in [0.15, 0.2) is 11.6 Å². The number of nitrogens with one attached hydrogen (secondary N) is 2. The molecule has 5 heteroatoms. The molecule has 36 heavy (non-hydrogen) atoms. The number of hydrogen-bond acceptors (Lipinski definition) is 4. The molecule has 0 atom stereocenters. The smallest absolute Gasteiger partial charge is 0.255 e. The minimum atomic E-state index is -0.305. The van der Waals surface area contributed by atoms with Gasteiger partial charge in [-0.2, -0.15) is 0 Å². The van der Waals surface area contributed by atoms with Gasteiger partial charge >= 0.3 is 0 Å². The molecule has 0 unspecified atom stereocenters. The first kappa shape index (κ1) is 25.4. The molecule has 0 spiro atoms. The summed E-state index contributed by atoms with van der Waals surface area (Å²) in [5.74, 6) is -0.764. The molecule has 0 saturated heterocycles. The number of rotatable bonds is 11. The average Bonchev–Trinajstić information content (AvgIpc) is 2.90. The van der Waals surface area contributed by atoms with Crippen molar-refractivity contribution in [3.05, 3.63) is 94.0 Å². The zero-order valence-corrected chi connectivity index (χ0v) is 21.2. The lowest BCUT2D eigenvalue weighted by Gasteiger charge is -2.23. The highest BCUT2D eigenvalue weighted by Crippen LogP contribution is 2.36. The summed E-state index contributed by atoms with van der Waals surface area (Å²) in [4.78, 5) is 40.1. The van der Waals surface area contributed by atoms with E-state index in [0.717, 1.165) is 25.7 Å². The molecular weight excluding hydrogens is 448 g/mol. The summed E-state index contributed by atoms with van der Waals surface area (Å²) in [5, 5.41) is 6.21. The van der Waals surface area contributed by atoms with Gasteiger partial charge in [0.05, 0.1) is 16.8 Å². The van der Waals surface area contributed by atoms with E-state index in [-0.39, 0.29) is 23.0 Å². The number of hydrogen-bond donors (Lipinski definition) is 2. The number of anilines is 2. The maximum Gasteiger partial charge on any atom is 0.255 e. The predicted molar refractivity (Wildman–Crippen MR) is 145 cm³/mol. The number of benzene rings is 3. The van der Waals surface area contributed by atoms with Crippen LogP contribution in [0.15, 0.2) is 60.7 Å². The lowest BCUT2D eigenvalue weighted by molar-refractivity contribution is 0.0979. The molecule has 3 aromatic rings. The first-order chi connectivity index (χ1) is 17.5. The molecule has 1 amide bonds. The monoisotopic (exact) mass is 482 g/mol. The van der Waals surface area contributed by atoms with Crippen molar-refractivity contribution in [1.82, 2.24) is 0 Å². The van der Waals surface area contributed by atoms with E-state index in [0.29, 0.717) is 40.2 Å². The lowest BCUT2D eigenvalue weighted by atomic mass is 9.82. The van der Waals surface area contributed by atoms with Gasteiger partial charge in [0.2, 0.25) is 0 Å². The number of carbonyl (C=O) groups excluding carboxylic acids is 3. The molecule has 2 N–H and O–H groups in total. The van der Waals surface area contributed by atoms with E-state index < -0.39 is 0 Å². The Morgan fingerprint density at radius 3 is 1.94 bits per heavy atom. The molecule has 0 aromatic heterocycles. The van der Waals surface area contributed by atoms with Crippen molar-refractivity contribution in [2.24, 2.45) is 0 Å². The van der Waals surface area contributed by atoms with Gasteiger partial charge in [-0.3, -0.25) is 14.4 Å². The Labute approximate surface area is 213 Å². The van der Waals surface area contributed by atoms with Crippen molar-refractivity contribution in [3.63, 3.8) is 0 Å². The maximum absolute atomic E-state index is 13.5. The second-order valence-corrected chi connectivity index (χ2v) is 9.36. The summed E-state index contributed by atoms with van der Waals surface area (Å²) in [7, 11) is 0. The molecule has 0 aliphatic heterocycles. The van der Waals surface area contributed by atoms with Crippen LogP contribution in [-0.4, -0.2) is 24.0 Å². The van der Waals surface area contributed by atoms with E-state index >= 15 is 0 Å². The summed E-state index contributed by atoms with van der Waals surface area (Å²) in [5.41, 5.74) is 4.04. The second-order valence-electron chi connectivity index (χ2n) is 9.36. The average molecular weight is 483 g/mol. The summed E-state index contributed by atoms with van der Waals surface area (Å²) in [6.45, 7) is 4.99. The summed E-state index contributed by atoms with van der Waals surface area (Å²) < 4.78 is 0. The maximum atomic E-state index is 13.5. The molecule has 3 aromatic carbocycles. The molecule has 0 fully saturated rings. The Kier molecular flexibility index (Phi) is 8.32. The van der Waals surface area contributed by atoms with Gasteiger partial charge in [-0.15, -0.1) is 0 Å². The molecular formula is C31H34N2O3. The third-order valence-corrected chi connectivity index (χ3v) is 6.70. The van der Waals surface area contributed by atoms with Crippen molar-refractivity contribution in [3.8, 4) is 0 Å². The number of fused-ring (bicyclic) bond motifs is 2. The van der Waals surface area contributed by atoms with Crippen LogP contribution >= 0.6 is 0 Å². The van der Waals surface area contributed by atoms with Gasteiger partial charge < -0.3 is 10.6 Å². The van der Waals surface area contributed by atoms with E-state index in [4.69, 9.17) is 0 Å². The number of carbonyl (C=O) groups is 3. The Balaban J connectivity index is 1.61. The van der Waals surface area contributed by atoms with E-state index in [9.17, 15) is 14.4 Å². The summed E-state index contributed by atoms with van der Waals surface area (Å²) >= 11 is 0. The Hall–Kier alpha value is -3.73. The summed E-state index contributed by atoms with van der Waals surface area (Å²) in [6, 6.07) is 18.0. The van der Waals surface area contributed by atoms with Gasteiger partial charge in [0.1, 0.15) is 0 Å². The second kappa shape index (κ2) is 11.8. The van der Waals surface area contributed by atoms with E-state index in [1.165, 1.54) is 24.8 Å². The largest absolute Gasteiger partial charge is 0.384 e. The van der Waals surface area contributed by atoms with Crippen molar-refractivity contribution >= 4 is 28.8 Å². The highest BCUT2D eigenvalue weighted by atomic mass is 16.2. The van der Waals surface area contributed by atoms with Gasteiger partial charge in [0.25, 0.3) is 5.91 Å². The Morgan fingerprint density at radius 1 is 0.694 bits per heavy atom. The van der Waals surface area contributed by atoms with Crippen LogP contribution in [0.3, 0.4) is 0 Å². The fourth-order valence-corrected chi connectivity index (χ4v) is 4.65. The molecule has 0 heterocycles. The van der Waals surface area contributed by atoms with Crippen LogP contribution in [0.1, 0.15) is 100 Å². The van der Waals surface area contributed by atoms with Crippen LogP contribution in [0.2, 0.25) is 0 Å². The van der Waals surface area contributed by atoms with Crippen LogP contribution in [0.25, 0.3) is 0 Å². The zero-order valence-electron chi connectivity index (χ0n) is 21.2. The summed E-state index contributed by atoms with van der Waals surface area (Å²) in [6.07, 6.45) is 7.75. The third kappa shape index (κ3) is 5.40. The SMILES string of the molecule is CCCCCCc1ccc(C(=O)Nc2ccc(NCCCC)c3c2C(=O)c2ccccc2C3=O)cc1. The number of amides is 1. The van der Waals surface area contributed by atoms with Crippen LogP contribution in [0, 0.1) is 0 Å². The highest BCUT2D eigenvalue weighted by Gasteiger charge is 2.34. The number of ketones is 2. The standard InChI is InChI=1S/C31H34N2O3/c1-3-5-7-8-11-21-14-16-22(17-15-21)31(36)33-26-19-18-25(32-20-6-4-2)27-28(26)30(35)24-13-10-9-12-23(24)29(27)34/h9-10,12-19,32H,3-8,11,20H2,1-2H3,(H,33,36). The molecule has 0 radical (unpaired) electrons. The van der Waals surface area contributed by atoms with Crippen molar-refractivity contribution in [2.75, 3.05) is 17.2 Å². The van der Waals surface area contributed by atoms with Crippen LogP contribution in [-0.2, 0) is 6.42 Å². The van der Waals surface area contributed by atoms with Crippen molar-refractivity contribution < 1.29 is 14.4 Å². The fourth-order valence-electron chi connectivity index (χ4n) is 4.65. The topological polar surface area (TPSA) is 75.3 Å². The molecule has 0 saturated carbocycles. The zero-order chi connectivity index (χ0) is 25.5. The lowest BCUT2D eigenvalue weighted by Crippen LogP contribution is -2.25.